The van der Waals surface area contributed by atoms with Crippen molar-refractivity contribution in [2.75, 3.05) is 13.2 Å². The van der Waals surface area contributed by atoms with E-state index >= 15 is 0 Å². The van der Waals surface area contributed by atoms with Crippen LogP contribution in [0.5, 0.6) is 0 Å². The highest BCUT2D eigenvalue weighted by atomic mass is 16.8. The molecule has 21 heteroatoms. The summed E-state index contributed by atoms with van der Waals surface area (Å²) in [6.45, 7) is 11.2. The molecule has 0 aromatic rings. The number of carboxylic acids is 3. The third-order valence-electron chi connectivity index (χ3n) is 18.7. The second-order valence-corrected chi connectivity index (χ2v) is 22.6. The van der Waals surface area contributed by atoms with E-state index in [1.807, 2.05) is 0 Å². The number of carboxylic acid groups (broad SMARTS) is 3. The third kappa shape index (κ3) is 7.68. The number of rotatable bonds is 11. The lowest BCUT2D eigenvalue weighted by Crippen LogP contribution is -2.72. The molecular formula is C47H68O21. The fraction of sp³-hybridized carbons (Fsp3) is 0.851. The molecule has 7 fully saturated rings. The molecule has 3 aliphatic heterocycles. The van der Waals surface area contributed by atoms with Gasteiger partial charge in [0, 0.05) is 0 Å². The molecule has 0 radical (unpaired) electrons. The number of aliphatic hydroxyl groups is 6. The first-order chi connectivity index (χ1) is 31.7. The zero-order valence-corrected chi connectivity index (χ0v) is 39.2. The van der Waals surface area contributed by atoms with Crippen LogP contribution in [0.1, 0.15) is 106 Å². The fourth-order valence-electron chi connectivity index (χ4n) is 14.6. The van der Waals surface area contributed by atoms with E-state index in [-0.39, 0.29) is 35.0 Å². The molecule has 3 heterocycles. The van der Waals surface area contributed by atoms with Crippen molar-refractivity contribution in [2.24, 2.45) is 50.2 Å². The van der Waals surface area contributed by atoms with Crippen LogP contribution in [0.3, 0.4) is 0 Å². The number of fused-ring (bicyclic) bond motifs is 8. The van der Waals surface area contributed by atoms with Crippen LogP contribution < -0.4 is 0 Å². The van der Waals surface area contributed by atoms with Gasteiger partial charge < -0.3 is 83.9 Å². The summed E-state index contributed by atoms with van der Waals surface area (Å²) >= 11 is 0. The lowest BCUT2D eigenvalue weighted by molar-refractivity contribution is -0.435. The summed E-state index contributed by atoms with van der Waals surface area (Å²) in [6, 6.07) is 0. The summed E-state index contributed by atoms with van der Waals surface area (Å²) < 4.78 is 39.6. The SMILES string of the molecule is CC1(C)CC[C@]2(C(=O)O[C@@H]3O[C@H](CO)[C@@H](O)[C@H](O)[C@H]3O)CC[C@]3(C)C(=CC[C@@H]4[C@@]5(C)CC[C@H](O[C@@H]6O[C@H](C(=O)O)[C@@H]7O[C@@](O)(C(=O)O)[C@@H](OCC(=O)O)O[C@@H]7[C@H]6O)[C@@](C)(C=O)[C@@H]5CC[C@]43C)[C@@H]2C1. The van der Waals surface area contributed by atoms with E-state index in [2.05, 4.69) is 40.7 Å². The molecule has 8 rings (SSSR count). The molecule has 5 aliphatic carbocycles. The Morgan fingerprint density at radius 3 is 2.12 bits per heavy atom. The van der Waals surface area contributed by atoms with E-state index in [9.17, 15) is 64.8 Å². The first-order valence-electron chi connectivity index (χ1n) is 23.7. The maximum absolute atomic E-state index is 14.7. The summed E-state index contributed by atoms with van der Waals surface area (Å²) in [6.07, 6.45) is -11.6. The largest absolute Gasteiger partial charge is 0.480 e. The smallest absolute Gasteiger partial charge is 0.369 e. The highest BCUT2D eigenvalue weighted by Crippen LogP contribution is 2.76. The molecule has 9 N–H and O–H groups in total. The van der Waals surface area contributed by atoms with Gasteiger partial charge in [0.2, 0.25) is 12.6 Å². The van der Waals surface area contributed by atoms with Gasteiger partial charge in [-0.3, -0.25) is 4.79 Å². The van der Waals surface area contributed by atoms with Crippen LogP contribution in [-0.4, -0.2) is 169 Å². The molecule has 0 aromatic carbocycles. The van der Waals surface area contributed by atoms with Crippen molar-refractivity contribution < 1.29 is 103 Å². The summed E-state index contributed by atoms with van der Waals surface area (Å²) in [4.78, 5) is 64.2. The van der Waals surface area contributed by atoms with Gasteiger partial charge in [0.05, 0.1) is 23.5 Å². The number of hydrogen-bond acceptors (Lipinski definition) is 18. The summed E-state index contributed by atoms with van der Waals surface area (Å²) in [5.41, 5.74) is -2.30. The predicted octanol–water partition coefficient (Wildman–Crippen LogP) is 0.850. The molecule has 0 aromatic heterocycles. The van der Waals surface area contributed by atoms with Gasteiger partial charge in [-0.2, -0.15) is 0 Å². The summed E-state index contributed by atoms with van der Waals surface area (Å²) in [5.74, 6) is -9.71. The summed E-state index contributed by atoms with van der Waals surface area (Å²) in [5, 5.41) is 93.2. The Labute approximate surface area is 393 Å². The van der Waals surface area contributed by atoms with Crippen molar-refractivity contribution in [3.8, 4) is 0 Å². The minimum Gasteiger partial charge on any atom is -0.480 e. The highest BCUT2D eigenvalue weighted by Gasteiger charge is 2.71. The van der Waals surface area contributed by atoms with Crippen molar-refractivity contribution in [3.05, 3.63) is 11.6 Å². The van der Waals surface area contributed by atoms with Gasteiger partial charge in [-0.1, -0.05) is 53.2 Å². The minimum atomic E-state index is -3.39. The Hall–Kier alpha value is -3.19. The van der Waals surface area contributed by atoms with E-state index in [1.165, 1.54) is 5.57 Å². The highest BCUT2D eigenvalue weighted by molar-refractivity contribution is 5.79. The molecular weight excluding hydrogens is 900 g/mol. The van der Waals surface area contributed by atoms with Gasteiger partial charge in [0.1, 0.15) is 55.6 Å². The first-order valence-corrected chi connectivity index (χ1v) is 23.7. The van der Waals surface area contributed by atoms with E-state index < -0.39 is 138 Å². The van der Waals surface area contributed by atoms with Crippen molar-refractivity contribution in [1.82, 2.24) is 0 Å². The molecule has 0 unspecified atom stereocenters. The van der Waals surface area contributed by atoms with Gasteiger partial charge in [-0.05, 0) is 104 Å². The first kappa shape index (κ1) is 51.2. The number of allylic oxidation sites excluding steroid dienone is 2. The molecule has 8 aliphatic rings. The second-order valence-electron chi connectivity index (χ2n) is 22.6. The van der Waals surface area contributed by atoms with E-state index in [0.717, 1.165) is 12.7 Å². The van der Waals surface area contributed by atoms with Crippen molar-refractivity contribution in [2.45, 2.75) is 185 Å². The molecule has 21 nitrogen and oxygen atoms in total. The van der Waals surface area contributed by atoms with Crippen LogP contribution in [0.4, 0.5) is 0 Å². The Kier molecular flexibility index (Phi) is 13.2. The Morgan fingerprint density at radius 1 is 0.794 bits per heavy atom. The Bertz CT molecular complexity index is 2040. The molecule has 0 amide bonds. The van der Waals surface area contributed by atoms with Gasteiger partial charge in [-0.15, -0.1) is 0 Å². The molecule has 3 saturated heterocycles. The van der Waals surface area contributed by atoms with Crippen molar-refractivity contribution >= 4 is 30.2 Å². The van der Waals surface area contributed by atoms with Crippen molar-refractivity contribution in [1.29, 1.82) is 0 Å². The van der Waals surface area contributed by atoms with Crippen LogP contribution in [0.15, 0.2) is 11.6 Å². The van der Waals surface area contributed by atoms with E-state index in [1.54, 1.807) is 6.92 Å². The number of aliphatic carboxylic acids is 3. The summed E-state index contributed by atoms with van der Waals surface area (Å²) in [7, 11) is 0. The lowest BCUT2D eigenvalue weighted by atomic mass is 9.33. The van der Waals surface area contributed by atoms with Crippen LogP contribution in [0.25, 0.3) is 0 Å². The molecule has 0 bridgehead atoms. The molecule has 4 saturated carbocycles. The Balaban J connectivity index is 1.05. The Morgan fingerprint density at radius 2 is 1.49 bits per heavy atom. The molecule has 68 heavy (non-hydrogen) atoms. The third-order valence-corrected chi connectivity index (χ3v) is 18.7. The predicted molar refractivity (Wildman–Crippen MR) is 226 cm³/mol. The normalized spacial score (nSPS) is 50.6. The van der Waals surface area contributed by atoms with Gasteiger partial charge in [-0.25, -0.2) is 14.4 Å². The maximum atomic E-state index is 14.7. The minimum absolute atomic E-state index is 0.0464. The number of aliphatic hydroxyl groups excluding tert-OH is 5. The number of aldehydes is 1. The monoisotopic (exact) mass is 968 g/mol. The van der Waals surface area contributed by atoms with E-state index in [0.29, 0.717) is 51.4 Å². The number of carbonyl (C=O) groups is 5. The number of hydrogen-bond donors (Lipinski definition) is 9. The van der Waals surface area contributed by atoms with Crippen molar-refractivity contribution in [3.63, 3.8) is 0 Å². The van der Waals surface area contributed by atoms with Crippen LogP contribution in [0.2, 0.25) is 0 Å². The standard InChI is InChI=1S/C47H68O21/c1-41(2)13-15-46(39(60)67-36-30(54)29(53)28(52)23(18-48)63-36)16-14-44(5)21(22(46)17-41)7-8-25-42(3)11-10-26(43(4,20-49)24(42)9-12-45(25,44)6)64-37-31(55)32-33(34(65-37)35(56)57)68-47(61,38(58)59)40(66-32)62-19-27(50)51/h7,20,22-26,28-34,36-37,40,48,52-55,61H,8-19H2,1-6H3,(H,50,51)(H,56,57)(H,58,59)/t22-,23+,24+,25+,26-,28+,29-,30+,31+,32+,33+,34-,36-,37+,40-,42-,43-,44+,45+,46-,47-/m0/s1. The zero-order chi connectivity index (χ0) is 49.9. The lowest BCUT2D eigenvalue weighted by Gasteiger charge is -2.71. The number of carbonyl (C=O) groups excluding carboxylic acids is 2. The number of esters is 1. The van der Waals surface area contributed by atoms with Gasteiger partial charge >= 0.3 is 29.7 Å². The average Bonchev–Trinajstić information content (AvgIpc) is 3.27. The zero-order valence-electron chi connectivity index (χ0n) is 39.2. The molecule has 0 spiro atoms. The van der Waals surface area contributed by atoms with E-state index in [4.69, 9.17) is 38.3 Å². The maximum Gasteiger partial charge on any atom is 0.369 e. The van der Waals surface area contributed by atoms with Crippen LogP contribution in [0, 0.1) is 50.2 Å². The number of ether oxygens (including phenoxy) is 7. The topological polar surface area (TPSA) is 332 Å². The van der Waals surface area contributed by atoms with Gasteiger partial charge in [0.15, 0.2) is 12.4 Å². The average molecular weight is 969 g/mol. The van der Waals surface area contributed by atoms with Crippen LogP contribution in [-0.2, 0) is 57.1 Å². The van der Waals surface area contributed by atoms with Gasteiger partial charge in [0.25, 0.3) is 0 Å². The van der Waals surface area contributed by atoms with Crippen LogP contribution >= 0.6 is 0 Å². The molecule has 21 atom stereocenters. The second kappa shape index (κ2) is 17.5. The quantitative estimate of drug-likeness (QED) is 0.0600. The fourth-order valence-corrected chi connectivity index (χ4v) is 14.6. The molecule has 382 valence electrons.